The van der Waals surface area contributed by atoms with Crippen molar-refractivity contribution in [3.63, 3.8) is 0 Å². The van der Waals surface area contributed by atoms with Crippen LogP contribution in [0.1, 0.15) is 5.69 Å². The molecule has 0 radical (unpaired) electrons. The molecule has 1 aromatic heterocycles. The van der Waals surface area contributed by atoms with Crippen LogP contribution in [0.15, 0.2) is 17.0 Å². The Morgan fingerprint density at radius 1 is 1.50 bits per heavy atom. The molecule has 6 heteroatoms. The second-order valence-electron chi connectivity index (χ2n) is 2.29. The standard InChI is InChI=1S/C6H7ClN2O2S/c1-4-2-3-5(6(7)9-4)12(8,10)11/h2-3H,1H3,(H2,8,10,11). The van der Waals surface area contributed by atoms with Gasteiger partial charge in [0.15, 0.2) is 0 Å². The SMILES string of the molecule is Cc1ccc(S(N)(=O)=O)c(Cl)n1. The van der Waals surface area contributed by atoms with Gasteiger partial charge in [-0.2, -0.15) is 0 Å². The summed E-state index contributed by atoms with van der Waals surface area (Å²) in [5, 5.41) is 4.77. The van der Waals surface area contributed by atoms with Crippen LogP contribution >= 0.6 is 11.6 Å². The van der Waals surface area contributed by atoms with Gasteiger partial charge in [-0.3, -0.25) is 0 Å². The summed E-state index contributed by atoms with van der Waals surface area (Å²) in [4.78, 5) is 3.60. The number of pyridine rings is 1. The Labute approximate surface area is 75.4 Å². The fourth-order valence-corrected chi connectivity index (χ4v) is 1.78. The quantitative estimate of drug-likeness (QED) is 0.688. The predicted octanol–water partition coefficient (Wildman–Crippen LogP) is 0.691. The molecule has 0 aliphatic rings. The van der Waals surface area contributed by atoms with Gasteiger partial charge in [-0.05, 0) is 19.1 Å². The summed E-state index contributed by atoms with van der Waals surface area (Å²) in [6.45, 7) is 1.71. The highest BCUT2D eigenvalue weighted by atomic mass is 35.5. The van der Waals surface area contributed by atoms with Crippen LogP contribution in [0.25, 0.3) is 0 Å². The maximum atomic E-state index is 10.8. The van der Waals surface area contributed by atoms with Crippen LogP contribution in [-0.2, 0) is 10.0 Å². The molecule has 0 aliphatic carbocycles. The number of hydrogen-bond acceptors (Lipinski definition) is 3. The van der Waals surface area contributed by atoms with Crippen LogP contribution in [0.2, 0.25) is 5.15 Å². The lowest BCUT2D eigenvalue weighted by Gasteiger charge is -2.00. The third kappa shape index (κ3) is 1.94. The first-order valence-electron chi connectivity index (χ1n) is 3.07. The van der Waals surface area contributed by atoms with Gasteiger partial charge < -0.3 is 0 Å². The zero-order valence-electron chi connectivity index (χ0n) is 6.28. The fourth-order valence-electron chi connectivity index (χ4n) is 0.724. The van der Waals surface area contributed by atoms with E-state index in [-0.39, 0.29) is 10.0 Å². The minimum absolute atomic E-state index is 0.0856. The Balaban J connectivity index is 3.39. The van der Waals surface area contributed by atoms with Gasteiger partial charge in [0.2, 0.25) is 10.0 Å². The molecule has 0 fully saturated rings. The number of rotatable bonds is 1. The first-order chi connectivity index (χ1) is 5.41. The molecule has 0 aromatic carbocycles. The van der Waals surface area contributed by atoms with Crippen LogP contribution in [0.5, 0.6) is 0 Å². The van der Waals surface area contributed by atoms with Crippen molar-refractivity contribution in [3.8, 4) is 0 Å². The summed E-state index contributed by atoms with van der Waals surface area (Å²) in [7, 11) is -3.74. The van der Waals surface area contributed by atoms with Gasteiger partial charge in [0.25, 0.3) is 0 Å². The van der Waals surface area contributed by atoms with Crippen molar-refractivity contribution >= 4 is 21.6 Å². The largest absolute Gasteiger partial charge is 0.241 e. The number of primary sulfonamides is 1. The van der Waals surface area contributed by atoms with Crippen molar-refractivity contribution in [3.05, 3.63) is 23.0 Å². The molecule has 0 aliphatic heterocycles. The van der Waals surface area contributed by atoms with Gasteiger partial charge in [-0.1, -0.05) is 11.6 Å². The maximum absolute atomic E-state index is 10.8. The molecule has 1 rings (SSSR count). The minimum atomic E-state index is -3.74. The van der Waals surface area contributed by atoms with Crippen molar-refractivity contribution in [1.29, 1.82) is 0 Å². The Hall–Kier alpha value is -0.650. The molecule has 0 atom stereocenters. The molecule has 0 spiro atoms. The van der Waals surface area contributed by atoms with E-state index in [0.29, 0.717) is 5.69 Å². The first-order valence-corrected chi connectivity index (χ1v) is 4.99. The second kappa shape index (κ2) is 3.01. The molecule has 0 saturated carbocycles. The topological polar surface area (TPSA) is 73.1 Å². The van der Waals surface area contributed by atoms with Crippen molar-refractivity contribution in [2.75, 3.05) is 0 Å². The number of aromatic nitrogens is 1. The fraction of sp³-hybridized carbons (Fsp3) is 0.167. The Kier molecular flexibility index (Phi) is 2.36. The highest BCUT2D eigenvalue weighted by molar-refractivity contribution is 7.89. The molecule has 0 bridgehead atoms. The van der Waals surface area contributed by atoms with Crippen LogP contribution in [0, 0.1) is 6.92 Å². The van der Waals surface area contributed by atoms with Crippen molar-refractivity contribution < 1.29 is 8.42 Å². The molecule has 4 nitrogen and oxygen atoms in total. The summed E-state index contributed by atoms with van der Waals surface area (Å²) in [5.41, 5.74) is 0.646. The lowest BCUT2D eigenvalue weighted by atomic mass is 10.4. The summed E-state index contributed by atoms with van der Waals surface area (Å²) in [5.74, 6) is 0. The van der Waals surface area contributed by atoms with Gasteiger partial charge in [0.05, 0.1) is 0 Å². The van der Waals surface area contributed by atoms with E-state index in [9.17, 15) is 8.42 Å². The summed E-state index contributed by atoms with van der Waals surface area (Å²) < 4.78 is 21.6. The molecular weight excluding hydrogens is 200 g/mol. The molecule has 66 valence electrons. The number of hydrogen-bond donors (Lipinski definition) is 1. The molecule has 1 heterocycles. The summed E-state index contributed by atoms with van der Waals surface area (Å²) in [6, 6.07) is 2.87. The average Bonchev–Trinajstić information content (AvgIpc) is 1.83. The number of sulfonamides is 1. The smallest absolute Gasteiger partial charge is 0.240 e. The molecule has 1 aromatic rings. The summed E-state index contributed by atoms with van der Waals surface area (Å²) >= 11 is 5.54. The van der Waals surface area contributed by atoms with Crippen molar-refractivity contribution in [2.45, 2.75) is 11.8 Å². The number of halogens is 1. The van der Waals surface area contributed by atoms with Crippen LogP contribution in [0.3, 0.4) is 0 Å². The minimum Gasteiger partial charge on any atom is -0.240 e. The van der Waals surface area contributed by atoms with Gasteiger partial charge in [0.1, 0.15) is 10.0 Å². The average molecular weight is 207 g/mol. The van der Waals surface area contributed by atoms with E-state index in [0.717, 1.165) is 0 Å². The first kappa shape index (κ1) is 9.44. The number of nitrogens with zero attached hydrogens (tertiary/aromatic N) is 1. The Bertz CT molecular complexity index is 402. The van der Waals surface area contributed by atoms with E-state index in [1.54, 1.807) is 6.92 Å². The molecule has 0 amide bonds. The molecular formula is C6H7ClN2O2S. The van der Waals surface area contributed by atoms with Gasteiger partial charge >= 0.3 is 0 Å². The van der Waals surface area contributed by atoms with Gasteiger partial charge in [-0.25, -0.2) is 18.5 Å². The summed E-state index contributed by atoms with van der Waals surface area (Å²) in [6.07, 6.45) is 0. The lowest BCUT2D eigenvalue weighted by Crippen LogP contribution is -2.13. The maximum Gasteiger partial charge on any atom is 0.241 e. The van der Waals surface area contributed by atoms with E-state index < -0.39 is 10.0 Å². The highest BCUT2D eigenvalue weighted by Crippen LogP contribution is 2.17. The molecule has 2 N–H and O–H groups in total. The van der Waals surface area contributed by atoms with Crippen LogP contribution in [0.4, 0.5) is 0 Å². The predicted molar refractivity (Wildman–Crippen MR) is 45.4 cm³/mol. The van der Waals surface area contributed by atoms with Crippen molar-refractivity contribution in [1.82, 2.24) is 4.98 Å². The number of nitrogens with two attached hydrogens (primary N) is 1. The van der Waals surface area contributed by atoms with E-state index in [4.69, 9.17) is 16.7 Å². The third-order valence-electron chi connectivity index (χ3n) is 1.26. The molecule has 0 unspecified atom stereocenters. The van der Waals surface area contributed by atoms with Crippen molar-refractivity contribution in [2.24, 2.45) is 5.14 Å². The lowest BCUT2D eigenvalue weighted by molar-refractivity contribution is 0.597. The van der Waals surface area contributed by atoms with E-state index in [1.807, 2.05) is 0 Å². The van der Waals surface area contributed by atoms with Crippen LogP contribution < -0.4 is 5.14 Å². The third-order valence-corrected chi connectivity index (χ3v) is 2.60. The molecule has 0 saturated heterocycles. The zero-order valence-corrected chi connectivity index (χ0v) is 7.85. The van der Waals surface area contributed by atoms with Crippen LogP contribution in [-0.4, -0.2) is 13.4 Å². The number of aryl methyl sites for hydroxylation is 1. The normalized spacial score (nSPS) is 11.6. The Morgan fingerprint density at radius 3 is 2.50 bits per heavy atom. The highest BCUT2D eigenvalue weighted by Gasteiger charge is 2.12. The van der Waals surface area contributed by atoms with Gasteiger partial charge in [0, 0.05) is 5.69 Å². The van der Waals surface area contributed by atoms with E-state index in [2.05, 4.69) is 4.98 Å². The molecule has 12 heavy (non-hydrogen) atoms. The van der Waals surface area contributed by atoms with Gasteiger partial charge in [-0.15, -0.1) is 0 Å². The second-order valence-corrected chi connectivity index (χ2v) is 4.17. The zero-order chi connectivity index (χ0) is 9.35. The van der Waals surface area contributed by atoms with E-state index >= 15 is 0 Å². The Morgan fingerprint density at radius 2 is 2.08 bits per heavy atom. The monoisotopic (exact) mass is 206 g/mol. The van der Waals surface area contributed by atoms with E-state index in [1.165, 1.54) is 12.1 Å².